The van der Waals surface area contributed by atoms with Gasteiger partial charge in [0, 0.05) is 84.0 Å². The maximum atomic E-state index is 6.72. The Morgan fingerprint density at radius 2 is 0.900 bits per heavy atom. The summed E-state index contributed by atoms with van der Waals surface area (Å²) in [7, 11) is 0. The largest absolute Gasteiger partial charge is 0.455 e. The fourth-order valence-corrected chi connectivity index (χ4v) is 14.6. The third-order valence-electron chi connectivity index (χ3n) is 19.4. The van der Waals surface area contributed by atoms with Gasteiger partial charge in [-0.2, -0.15) is 0 Å². The van der Waals surface area contributed by atoms with E-state index in [1.54, 1.807) is 0 Å². The molecule has 4 heterocycles. The van der Waals surface area contributed by atoms with Crippen LogP contribution in [0, 0.1) is 13.8 Å². The van der Waals surface area contributed by atoms with Gasteiger partial charge in [-0.05, 0) is 194 Å². The first-order chi connectivity index (χ1) is 43.0. The maximum Gasteiger partial charge on any atom is 0.252 e. The van der Waals surface area contributed by atoms with Gasteiger partial charge in [0.25, 0.3) is 6.71 Å². The molecular weight excluding hydrogens is 1090 g/mol. The van der Waals surface area contributed by atoms with Crippen LogP contribution in [0.25, 0.3) is 60.6 Å². The van der Waals surface area contributed by atoms with Gasteiger partial charge in [0.15, 0.2) is 0 Å². The summed E-state index contributed by atoms with van der Waals surface area (Å²) in [5.74, 6) is 0. The van der Waals surface area contributed by atoms with Gasteiger partial charge in [-0.25, -0.2) is 0 Å². The monoisotopic (exact) mass is 1170 g/mol. The van der Waals surface area contributed by atoms with Crippen LogP contribution in [0.3, 0.4) is 0 Å². The van der Waals surface area contributed by atoms with E-state index >= 15 is 0 Å². The van der Waals surface area contributed by atoms with Crippen LogP contribution in [0.5, 0.6) is 0 Å². The molecule has 0 saturated carbocycles. The predicted octanol–water partition coefficient (Wildman–Crippen LogP) is 21.7. The molecule has 11 aromatic carbocycles. The molecule has 2 aliphatic heterocycles. The lowest BCUT2D eigenvalue weighted by Gasteiger charge is -2.46. The average Bonchev–Trinajstić information content (AvgIpc) is 0.877. The predicted molar refractivity (Wildman–Crippen MR) is 386 cm³/mol. The van der Waals surface area contributed by atoms with Crippen molar-refractivity contribution in [2.24, 2.45) is 0 Å². The molecule has 2 aromatic heterocycles. The Labute approximate surface area is 531 Å². The van der Waals surface area contributed by atoms with Gasteiger partial charge in [-0.3, -0.25) is 0 Å². The molecule has 0 atom stereocenters. The van der Waals surface area contributed by atoms with Crippen molar-refractivity contribution in [3.8, 4) is 16.8 Å². The Morgan fingerprint density at radius 3 is 1.57 bits per heavy atom. The summed E-state index contributed by atoms with van der Waals surface area (Å²) in [6.07, 6.45) is 0. The second kappa shape index (κ2) is 20.5. The number of rotatable bonds is 7. The van der Waals surface area contributed by atoms with E-state index < -0.39 is 0 Å². The third kappa shape index (κ3) is 9.27. The Bertz CT molecular complexity index is 4990. The molecule has 0 amide bonds. The molecule has 15 rings (SSSR count). The molecule has 0 aliphatic carbocycles. The summed E-state index contributed by atoms with van der Waals surface area (Å²) in [6, 6.07) is 85.1. The number of furan rings is 1. The number of nitrogens with zero attached hydrogens (tertiary/aromatic N) is 4. The second-order valence-electron chi connectivity index (χ2n) is 29.6. The summed E-state index contributed by atoms with van der Waals surface area (Å²) in [4.78, 5) is 7.70. The second-order valence-corrected chi connectivity index (χ2v) is 29.6. The fourth-order valence-electron chi connectivity index (χ4n) is 14.6. The molecule has 0 spiro atoms. The Kier molecular flexibility index (Phi) is 13.0. The van der Waals surface area contributed by atoms with Crippen molar-refractivity contribution >= 4 is 118 Å². The van der Waals surface area contributed by atoms with Crippen LogP contribution in [0.4, 0.5) is 51.2 Å². The van der Waals surface area contributed by atoms with E-state index in [4.69, 9.17) is 4.42 Å². The van der Waals surface area contributed by atoms with E-state index in [0.717, 1.165) is 72.8 Å². The van der Waals surface area contributed by atoms with Crippen LogP contribution in [0.1, 0.15) is 116 Å². The van der Waals surface area contributed by atoms with Gasteiger partial charge in [-0.1, -0.05) is 204 Å². The van der Waals surface area contributed by atoms with E-state index in [9.17, 15) is 0 Å². The number of hydrogen-bond donors (Lipinski definition) is 0. The van der Waals surface area contributed by atoms with Crippen molar-refractivity contribution in [3.63, 3.8) is 0 Å². The number of aryl methyl sites for hydroxylation is 2. The normalized spacial score (nSPS) is 13.4. The summed E-state index contributed by atoms with van der Waals surface area (Å²) in [6.45, 7) is 32.4. The molecular formula is C84H79BN4O. The molecule has 0 bridgehead atoms. The molecule has 90 heavy (non-hydrogen) atoms. The highest BCUT2D eigenvalue weighted by atomic mass is 16.3. The highest BCUT2D eigenvalue weighted by molar-refractivity contribution is 7.00. The zero-order valence-corrected chi connectivity index (χ0v) is 54.6. The van der Waals surface area contributed by atoms with E-state index in [-0.39, 0.29) is 28.4 Å². The average molecular weight is 1170 g/mol. The van der Waals surface area contributed by atoms with E-state index in [1.165, 1.54) is 88.7 Å². The first-order valence-corrected chi connectivity index (χ1v) is 32.2. The van der Waals surface area contributed by atoms with Crippen molar-refractivity contribution < 1.29 is 4.42 Å². The lowest BCUT2D eigenvalue weighted by molar-refractivity contribution is 0.590. The quantitative estimate of drug-likeness (QED) is 0.149. The van der Waals surface area contributed by atoms with E-state index in [2.05, 4.69) is 341 Å². The van der Waals surface area contributed by atoms with Crippen molar-refractivity contribution in [1.82, 2.24) is 4.57 Å². The molecule has 5 nitrogen and oxygen atoms in total. The number of aromatic nitrogens is 1. The maximum absolute atomic E-state index is 6.72. The third-order valence-corrected chi connectivity index (χ3v) is 19.4. The SMILES string of the molecule is Cc1cc(N2c3ccc(C(C)(C)C)cc3B3c4ccc(N(c5ccc(C(C)(C)C)cc5)c5ccc6c7ccccc7n(-c7ccccc7)c6c5)cc4N(c4ccc(C(C)(C)C)cc4)c4cc(C(C)(C)C)cc2c43)cc(C)c1-c1cccc2c1oc1ccccc12. The van der Waals surface area contributed by atoms with Crippen LogP contribution in [-0.4, -0.2) is 11.3 Å². The van der Waals surface area contributed by atoms with Crippen LogP contribution >= 0.6 is 0 Å². The minimum Gasteiger partial charge on any atom is -0.455 e. The standard InChI is InChI=1S/C84H79BN4O/c1-52-45-63(46-53(2)78(52)68-28-22-27-67-66-26-19-21-30-77(66)90-80(67)68)89-72-44-35-56(83(9,10)11)47-70(72)85-69-43-41-62(51-74(69)88(60-38-33-55(34-39-60)82(6,7)8)75-48-57(84(12,13)14)49-76(89)79(75)85)86(59-36-31-54(32-37-59)81(3,4)5)61-40-42-65-64-25-18-20-29-71(64)87(73(65)50-61)58-23-16-15-17-24-58/h15-51H,1-14H3. The van der Waals surface area contributed by atoms with Crippen LogP contribution in [0.15, 0.2) is 229 Å². The topological polar surface area (TPSA) is 27.8 Å². The molecule has 13 aromatic rings. The lowest BCUT2D eigenvalue weighted by Crippen LogP contribution is -2.61. The van der Waals surface area contributed by atoms with E-state index in [1.807, 2.05) is 0 Å². The number of para-hydroxylation sites is 4. The van der Waals surface area contributed by atoms with Gasteiger partial charge >= 0.3 is 0 Å². The highest BCUT2D eigenvalue weighted by Gasteiger charge is 2.45. The molecule has 0 radical (unpaired) electrons. The summed E-state index contributed by atoms with van der Waals surface area (Å²) in [5.41, 5.74) is 29.0. The molecule has 0 unspecified atom stereocenters. The van der Waals surface area contributed by atoms with Crippen molar-refractivity contribution in [2.75, 3.05) is 14.7 Å². The van der Waals surface area contributed by atoms with E-state index in [0.29, 0.717) is 0 Å². The van der Waals surface area contributed by atoms with Crippen molar-refractivity contribution in [1.29, 1.82) is 0 Å². The molecule has 6 heteroatoms. The first-order valence-electron chi connectivity index (χ1n) is 32.2. The molecule has 0 fully saturated rings. The molecule has 0 saturated heterocycles. The number of anilines is 9. The Balaban J connectivity index is 0.990. The zero-order chi connectivity index (χ0) is 62.5. The minimum absolute atomic E-state index is 0.0167. The van der Waals surface area contributed by atoms with Crippen LogP contribution in [0.2, 0.25) is 0 Å². The first kappa shape index (κ1) is 57.0. The number of fused-ring (bicyclic) bond motifs is 10. The molecule has 444 valence electrons. The minimum atomic E-state index is -0.204. The van der Waals surface area contributed by atoms with Gasteiger partial charge in [0.1, 0.15) is 11.2 Å². The Hall–Kier alpha value is -9.52. The van der Waals surface area contributed by atoms with Crippen LogP contribution < -0.4 is 31.1 Å². The lowest BCUT2D eigenvalue weighted by atomic mass is 9.33. The number of hydrogen-bond acceptors (Lipinski definition) is 4. The summed E-state index contributed by atoms with van der Waals surface area (Å²) < 4.78 is 9.15. The van der Waals surface area contributed by atoms with Gasteiger partial charge in [0.05, 0.1) is 11.0 Å². The Morgan fingerprint density at radius 1 is 0.356 bits per heavy atom. The smallest absolute Gasteiger partial charge is 0.252 e. The molecule has 0 N–H and O–H groups in total. The zero-order valence-electron chi connectivity index (χ0n) is 54.6. The van der Waals surface area contributed by atoms with Crippen molar-refractivity contribution in [3.05, 3.63) is 258 Å². The summed E-state index contributed by atoms with van der Waals surface area (Å²) >= 11 is 0. The van der Waals surface area contributed by atoms with Gasteiger partial charge < -0.3 is 23.7 Å². The fraction of sp³-hybridized carbons (Fsp3) is 0.214. The van der Waals surface area contributed by atoms with Gasteiger partial charge in [-0.15, -0.1) is 0 Å². The highest BCUT2D eigenvalue weighted by Crippen LogP contribution is 2.50. The number of benzene rings is 11. The van der Waals surface area contributed by atoms with Crippen molar-refractivity contribution in [2.45, 2.75) is 119 Å². The summed E-state index contributed by atoms with van der Waals surface area (Å²) in [5, 5.41) is 4.73. The molecule has 2 aliphatic rings. The van der Waals surface area contributed by atoms with Crippen LogP contribution in [-0.2, 0) is 21.7 Å². The van der Waals surface area contributed by atoms with Gasteiger partial charge in [0.2, 0.25) is 0 Å².